The number of anilines is 2. The SMILES string of the molecule is COc1cccc(N2C[C@H](C(=O)Nc3nnc(SCc4cccc(C)c4)s3)CC2=O)c1. The Labute approximate surface area is 188 Å². The van der Waals surface area contributed by atoms with Crippen LogP contribution >= 0.6 is 23.1 Å². The van der Waals surface area contributed by atoms with Crippen molar-refractivity contribution in [2.24, 2.45) is 5.92 Å². The highest BCUT2D eigenvalue weighted by atomic mass is 32.2. The Morgan fingerprint density at radius 3 is 2.90 bits per heavy atom. The average molecular weight is 455 g/mol. The first-order chi connectivity index (χ1) is 15.0. The number of carbonyl (C=O) groups is 2. The van der Waals surface area contributed by atoms with E-state index in [4.69, 9.17) is 4.74 Å². The van der Waals surface area contributed by atoms with Crippen molar-refractivity contribution in [3.8, 4) is 5.75 Å². The van der Waals surface area contributed by atoms with Crippen molar-refractivity contribution in [1.29, 1.82) is 0 Å². The largest absolute Gasteiger partial charge is 0.497 e. The van der Waals surface area contributed by atoms with E-state index in [1.54, 1.807) is 29.8 Å². The predicted octanol–water partition coefficient (Wildman–Crippen LogP) is 4.14. The van der Waals surface area contributed by atoms with E-state index >= 15 is 0 Å². The Bertz CT molecular complexity index is 1100. The molecule has 1 aliphatic rings. The molecule has 2 amide bonds. The summed E-state index contributed by atoms with van der Waals surface area (Å²) in [5, 5.41) is 11.5. The minimum atomic E-state index is -0.439. The molecular weight excluding hydrogens is 432 g/mol. The van der Waals surface area contributed by atoms with E-state index < -0.39 is 5.92 Å². The van der Waals surface area contributed by atoms with Gasteiger partial charge >= 0.3 is 0 Å². The van der Waals surface area contributed by atoms with Gasteiger partial charge < -0.3 is 15.0 Å². The lowest BCUT2D eigenvalue weighted by Crippen LogP contribution is -2.28. The third-order valence-corrected chi connectivity index (χ3v) is 6.99. The van der Waals surface area contributed by atoms with Crippen LogP contribution in [0.15, 0.2) is 52.9 Å². The van der Waals surface area contributed by atoms with E-state index in [1.807, 2.05) is 24.3 Å². The number of hydrogen-bond donors (Lipinski definition) is 1. The molecule has 1 N–H and O–H groups in total. The zero-order chi connectivity index (χ0) is 21.8. The molecule has 1 fully saturated rings. The van der Waals surface area contributed by atoms with Crippen LogP contribution in [0, 0.1) is 12.8 Å². The molecule has 0 spiro atoms. The van der Waals surface area contributed by atoms with Crippen molar-refractivity contribution in [2.75, 3.05) is 23.9 Å². The van der Waals surface area contributed by atoms with Gasteiger partial charge in [-0.25, -0.2) is 0 Å². The van der Waals surface area contributed by atoms with Gasteiger partial charge in [-0.2, -0.15) is 0 Å². The second-order valence-electron chi connectivity index (χ2n) is 7.25. The summed E-state index contributed by atoms with van der Waals surface area (Å²) in [6.45, 7) is 2.39. The van der Waals surface area contributed by atoms with E-state index in [2.05, 4.69) is 40.6 Å². The topological polar surface area (TPSA) is 84.4 Å². The Morgan fingerprint density at radius 2 is 2.10 bits per heavy atom. The summed E-state index contributed by atoms with van der Waals surface area (Å²) in [6, 6.07) is 15.6. The third-order valence-electron chi connectivity index (χ3n) is 4.94. The predicted molar refractivity (Wildman–Crippen MR) is 123 cm³/mol. The Hall–Kier alpha value is -2.91. The van der Waals surface area contributed by atoms with Gasteiger partial charge in [0.25, 0.3) is 0 Å². The summed E-state index contributed by atoms with van der Waals surface area (Å²) in [6.07, 6.45) is 0.164. The van der Waals surface area contributed by atoms with Gasteiger partial charge in [-0.1, -0.05) is 59.0 Å². The first-order valence-electron chi connectivity index (χ1n) is 9.79. The molecule has 3 aromatic rings. The van der Waals surface area contributed by atoms with Crippen LogP contribution in [0.5, 0.6) is 5.75 Å². The summed E-state index contributed by atoms with van der Waals surface area (Å²) in [5.74, 6) is 0.718. The number of thioether (sulfide) groups is 1. The fourth-order valence-corrected chi connectivity index (χ4v) is 5.08. The van der Waals surface area contributed by atoms with Crippen LogP contribution < -0.4 is 15.0 Å². The van der Waals surface area contributed by atoms with Gasteiger partial charge in [0.2, 0.25) is 16.9 Å². The smallest absolute Gasteiger partial charge is 0.231 e. The molecule has 1 aliphatic heterocycles. The van der Waals surface area contributed by atoms with Gasteiger partial charge in [-0.3, -0.25) is 9.59 Å². The van der Waals surface area contributed by atoms with E-state index in [1.165, 1.54) is 22.5 Å². The molecule has 1 saturated heterocycles. The summed E-state index contributed by atoms with van der Waals surface area (Å²) < 4.78 is 6.02. The molecule has 0 unspecified atom stereocenters. The number of carbonyl (C=O) groups excluding carboxylic acids is 2. The second-order valence-corrected chi connectivity index (χ2v) is 9.45. The number of ether oxygens (including phenoxy) is 1. The summed E-state index contributed by atoms with van der Waals surface area (Å²) in [5.41, 5.74) is 3.16. The van der Waals surface area contributed by atoms with Crippen molar-refractivity contribution in [2.45, 2.75) is 23.4 Å². The number of aryl methyl sites for hydroxylation is 1. The normalized spacial score (nSPS) is 15.9. The van der Waals surface area contributed by atoms with Crippen LogP contribution in [0.25, 0.3) is 0 Å². The van der Waals surface area contributed by atoms with E-state index in [0.717, 1.165) is 15.8 Å². The van der Waals surface area contributed by atoms with Gasteiger partial charge in [0.05, 0.1) is 13.0 Å². The molecule has 2 heterocycles. The molecule has 2 aromatic carbocycles. The molecule has 0 saturated carbocycles. The summed E-state index contributed by atoms with van der Waals surface area (Å²) in [4.78, 5) is 26.8. The molecule has 9 heteroatoms. The molecule has 4 rings (SSSR count). The first-order valence-corrected chi connectivity index (χ1v) is 11.6. The number of hydrogen-bond acceptors (Lipinski definition) is 7. The number of aromatic nitrogens is 2. The molecule has 160 valence electrons. The lowest BCUT2D eigenvalue weighted by molar-refractivity contribution is -0.122. The third kappa shape index (κ3) is 5.23. The molecular formula is C22H22N4O3S2. The number of rotatable bonds is 7. The number of amides is 2. The zero-order valence-electron chi connectivity index (χ0n) is 17.2. The molecule has 31 heavy (non-hydrogen) atoms. The van der Waals surface area contributed by atoms with Crippen LogP contribution in [0.3, 0.4) is 0 Å². The highest BCUT2D eigenvalue weighted by Gasteiger charge is 2.35. The number of nitrogens with zero attached hydrogens (tertiary/aromatic N) is 3. The highest BCUT2D eigenvalue weighted by molar-refractivity contribution is 8.00. The van der Waals surface area contributed by atoms with Crippen molar-refractivity contribution in [3.63, 3.8) is 0 Å². The average Bonchev–Trinajstić information content (AvgIpc) is 3.38. The van der Waals surface area contributed by atoms with E-state index in [0.29, 0.717) is 17.4 Å². The number of nitrogens with one attached hydrogen (secondary N) is 1. The molecule has 1 aromatic heterocycles. The van der Waals surface area contributed by atoms with Gasteiger partial charge in [-0.05, 0) is 24.6 Å². The standard InChI is InChI=1S/C22H22N4O3S2/c1-14-5-3-6-15(9-14)13-30-22-25-24-21(31-22)23-20(28)16-10-19(27)26(12-16)17-7-4-8-18(11-17)29-2/h3-9,11,16H,10,12-13H2,1-2H3,(H,23,24,28)/t16-/m1/s1. The first kappa shape index (κ1) is 21.3. The van der Waals surface area contributed by atoms with Gasteiger partial charge in [-0.15, -0.1) is 10.2 Å². The van der Waals surface area contributed by atoms with Crippen molar-refractivity contribution in [3.05, 3.63) is 59.7 Å². The number of benzene rings is 2. The van der Waals surface area contributed by atoms with Crippen molar-refractivity contribution in [1.82, 2.24) is 10.2 Å². The molecule has 0 radical (unpaired) electrons. The molecule has 0 aliphatic carbocycles. The monoisotopic (exact) mass is 454 g/mol. The second kappa shape index (κ2) is 9.49. The fraction of sp³-hybridized carbons (Fsp3) is 0.273. The van der Waals surface area contributed by atoms with E-state index in [-0.39, 0.29) is 18.2 Å². The Morgan fingerprint density at radius 1 is 1.26 bits per heavy atom. The number of methoxy groups -OCH3 is 1. The Balaban J connectivity index is 1.34. The lowest BCUT2D eigenvalue weighted by Gasteiger charge is -2.17. The maximum absolute atomic E-state index is 12.7. The van der Waals surface area contributed by atoms with Crippen LogP contribution in [0.4, 0.5) is 10.8 Å². The fourth-order valence-electron chi connectivity index (χ4n) is 3.38. The maximum atomic E-state index is 12.7. The van der Waals surface area contributed by atoms with E-state index in [9.17, 15) is 9.59 Å². The van der Waals surface area contributed by atoms with Crippen molar-refractivity contribution < 1.29 is 14.3 Å². The lowest BCUT2D eigenvalue weighted by atomic mass is 10.1. The highest BCUT2D eigenvalue weighted by Crippen LogP contribution is 2.31. The van der Waals surface area contributed by atoms with Crippen LogP contribution in [-0.4, -0.2) is 35.7 Å². The van der Waals surface area contributed by atoms with Crippen LogP contribution in [-0.2, 0) is 15.3 Å². The summed E-state index contributed by atoms with van der Waals surface area (Å²) >= 11 is 2.92. The molecule has 7 nitrogen and oxygen atoms in total. The molecule has 1 atom stereocenters. The zero-order valence-corrected chi connectivity index (χ0v) is 18.8. The minimum Gasteiger partial charge on any atom is -0.497 e. The Kier molecular flexibility index (Phi) is 6.53. The van der Waals surface area contributed by atoms with Crippen LogP contribution in [0.1, 0.15) is 17.5 Å². The minimum absolute atomic E-state index is 0.0833. The van der Waals surface area contributed by atoms with Crippen molar-refractivity contribution >= 4 is 45.7 Å². The molecule has 0 bridgehead atoms. The summed E-state index contributed by atoms with van der Waals surface area (Å²) in [7, 11) is 1.58. The quantitative estimate of drug-likeness (QED) is 0.427. The van der Waals surface area contributed by atoms with Crippen LogP contribution in [0.2, 0.25) is 0 Å². The van der Waals surface area contributed by atoms with Gasteiger partial charge in [0, 0.05) is 30.5 Å². The van der Waals surface area contributed by atoms with Gasteiger partial charge in [0.15, 0.2) is 4.34 Å². The van der Waals surface area contributed by atoms with Gasteiger partial charge in [0.1, 0.15) is 5.75 Å². The maximum Gasteiger partial charge on any atom is 0.231 e.